The summed E-state index contributed by atoms with van der Waals surface area (Å²) in [5.74, 6) is 1.67. The van der Waals surface area contributed by atoms with Crippen molar-refractivity contribution in [1.29, 1.82) is 0 Å². The number of thiocarbonyl (C=S) groups is 1. The van der Waals surface area contributed by atoms with Gasteiger partial charge in [-0.05, 0) is 12.2 Å². The number of hydrogen-bond acceptors (Lipinski definition) is 4. The molecule has 1 aromatic rings. The van der Waals surface area contributed by atoms with Crippen LogP contribution in [0.25, 0.3) is 0 Å². The molecule has 0 aliphatic heterocycles. The van der Waals surface area contributed by atoms with Crippen molar-refractivity contribution in [3.8, 4) is 17.2 Å². The third-order valence-corrected chi connectivity index (χ3v) is 2.58. The molecule has 104 valence electrons. The van der Waals surface area contributed by atoms with Gasteiger partial charge in [-0.1, -0.05) is 6.08 Å². The predicted molar refractivity (Wildman–Crippen MR) is 80.5 cm³/mol. The second-order valence-corrected chi connectivity index (χ2v) is 3.95. The number of rotatable bonds is 6. The fourth-order valence-electron chi connectivity index (χ4n) is 1.49. The summed E-state index contributed by atoms with van der Waals surface area (Å²) >= 11 is 5.14. The van der Waals surface area contributed by atoms with Gasteiger partial charge in [-0.15, -0.1) is 6.58 Å². The van der Waals surface area contributed by atoms with Crippen molar-refractivity contribution in [2.45, 2.75) is 0 Å². The van der Waals surface area contributed by atoms with Crippen molar-refractivity contribution in [3.63, 3.8) is 0 Å². The average Bonchev–Trinajstić information content (AvgIpc) is 2.43. The van der Waals surface area contributed by atoms with E-state index in [1.54, 1.807) is 39.5 Å². The number of benzene rings is 1. The summed E-state index contributed by atoms with van der Waals surface area (Å²) in [6.07, 6.45) is 1.73. The molecule has 6 heteroatoms. The van der Waals surface area contributed by atoms with Crippen LogP contribution in [0.4, 0.5) is 5.69 Å². The smallest absolute Gasteiger partial charge is 0.203 e. The molecule has 0 aromatic heterocycles. The van der Waals surface area contributed by atoms with Gasteiger partial charge < -0.3 is 24.8 Å². The Morgan fingerprint density at radius 1 is 1.21 bits per heavy atom. The van der Waals surface area contributed by atoms with Crippen molar-refractivity contribution in [3.05, 3.63) is 24.8 Å². The van der Waals surface area contributed by atoms with Crippen LogP contribution in [0.3, 0.4) is 0 Å². The van der Waals surface area contributed by atoms with E-state index < -0.39 is 0 Å². The van der Waals surface area contributed by atoms with Crippen LogP contribution in [-0.2, 0) is 0 Å². The monoisotopic (exact) mass is 282 g/mol. The Labute approximate surface area is 118 Å². The topological polar surface area (TPSA) is 51.8 Å². The lowest BCUT2D eigenvalue weighted by molar-refractivity contribution is 0.324. The first kappa shape index (κ1) is 15.1. The lowest BCUT2D eigenvalue weighted by atomic mass is 10.2. The summed E-state index contributed by atoms with van der Waals surface area (Å²) < 4.78 is 15.8. The van der Waals surface area contributed by atoms with Crippen molar-refractivity contribution >= 4 is 23.0 Å². The van der Waals surface area contributed by atoms with Gasteiger partial charge in [0.25, 0.3) is 0 Å². The van der Waals surface area contributed by atoms with Crippen LogP contribution in [-0.4, -0.2) is 33.0 Å². The third-order valence-electron chi connectivity index (χ3n) is 2.33. The molecule has 0 radical (unpaired) electrons. The van der Waals surface area contributed by atoms with E-state index in [4.69, 9.17) is 26.4 Å². The molecular formula is C13H18N2O3S. The number of ether oxygens (including phenoxy) is 3. The average molecular weight is 282 g/mol. The van der Waals surface area contributed by atoms with Crippen LogP contribution in [0.1, 0.15) is 0 Å². The zero-order valence-corrected chi connectivity index (χ0v) is 12.1. The van der Waals surface area contributed by atoms with E-state index in [-0.39, 0.29) is 0 Å². The highest BCUT2D eigenvalue weighted by molar-refractivity contribution is 7.80. The van der Waals surface area contributed by atoms with Gasteiger partial charge in [-0.2, -0.15) is 0 Å². The molecule has 1 rings (SSSR count). The van der Waals surface area contributed by atoms with Crippen LogP contribution >= 0.6 is 12.2 Å². The van der Waals surface area contributed by atoms with E-state index in [0.717, 1.165) is 5.69 Å². The molecule has 0 aliphatic carbocycles. The van der Waals surface area contributed by atoms with Crippen LogP contribution in [0.5, 0.6) is 17.2 Å². The summed E-state index contributed by atoms with van der Waals surface area (Å²) in [6, 6.07) is 3.56. The Hall–Kier alpha value is -1.95. The van der Waals surface area contributed by atoms with E-state index in [0.29, 0.717) is 28.9 Å². The number of nitrogens with one attached hydrogen (secondary N) is 2. The van der Waals surface area contributed by atoms with E-state index in [1.165, 1.54) is 0 Å². The van der Waals surface area contributed by atoms with Gasteiger partial charge in [-0.3, -0.25) is 0 Å². The molecular weight excluding hydrogens is 264 g/mol. The first-order valence-corrected chi connectivity index (χ1v) is 6.02. The Balaban J connectivity index is 2.96. The second kappa shape index (κ2) is 7.48. The molecule has 0 heterocycles. The Morgan fingerprint density at radius 2 is 1.79 bits per heavy atom. The molecule has 2 N–H and O–H groups in total. The van der Waals surface area contributed by atoms with Gasteiger partial charge in [0.1, 0.15) is 0 Å². The van der Waals surface area contributed by atoms with Crippen LogP contribution < -0.4 is 24.8 Å². The van der Waals surface area contributed by atoms with E-state index in [9.17, 15) is 0 Å². The van der Waals surface area contributed by atoms with E-state index >= 15 is 0 Å². The second-order valence-electron chi connectivity index (χ2n) is 3.54. The molecule has 0 atom stereocenters. The lowest BCUT2D eigenvalue weighted by Gasteiger charge is -2.15. The molecule has 0 saturated carbocycles. The SMILES string of the molecule is C=CCNC(=S)Nc1cc(OC)c(OC)c(OC)c1. The van der Waals surface area contributed by atoms with E-state index in [1.807, 2.05) is 0 Å². The van der Waals surface area contributed by atoms with Gasteiger partial charge in [0.05, 0.1) is 21.3 Å². The summed E-state index contributed by atoms with van der Waals surface area (Å²) in [6.45, 7) is 4.20. The molecule has 0 bridgehead atoms. The maximum Gasteiger partial charge on any atom is 0.203 e. The zero-order valence-electron chi connectivity index (χ0n) is 11.3. The number of methoxy groups -OCH3 is 3. The van der Waals surface area contributed by atoms with E-state index in [2.05, 4.69) is 17.2 Å². The molecule has 19 heavy (non-hydrogen) atoms. The van der Waals surface area contributed by atoms with Gasteiger partial charge in [0, 0.05) is 24.4 Å². The van der Waals surface area contributed by atoms with Gasteiger partial charge in [0.2, 0.25) is 5.75 Å². The Bertz CT molecular complexity index is 438. The molecule has 0 saturated heterocycles. The normalized spacial score (nSPS) is 9.42. The molecule has 0 amide bonds. The summed E-state index contributed by atoms with van der Waals surface area (Å²) in [7, 11) is 4.69. The minimum atomic E-state index is 0.495. The van der Waals surface area contributed by atoms with Crippen molar-refractivity contribution in [2.75, 3.05) is 33.2 Å². The first-order chi connectivity index (χ1) is 9.15. The summed E-state index contributed by atoms with van der Waals surface area (Å²) in [5, 5.41) is 6.50. The van der Waals surface area contributed by atoms with Crippen molar-refractivity contribution in [2.24, 2.45) is 0 Å². The fourth-order valence-corrected chi connectivity index (χ4v) is 1.69. The minimum absolute atomic E-state index is 0.495. The lowest BCUT2D eigenvalue weighted by Crippen LogP contribution is -2.28. The standard InChI is InChI=1S/C13H18N2O3S/c1-5-6-14-13(19)15-9-7-10(16-2)12(18-4)11(8-9)17-3/h5,7-8H,1,6H2,2-4H3,(H2,14,15,19). The van der Waals surface area contributed by atoms with Crippen molar-refractivity contribution < 1.29 is 14.2 Å². The molecule has 0 aliphatic rings. The molecule has 5 nitrogen and oxygen atoms in total. The highest BCUT2D eigenvalue weighted by atomic mass is 32.1. The zero-order chi connectivity index (χ0) is 14.3. The minimum Gasteiger partial charge on any atom is -0.493 e. The Kier molecular flexibility index (Phi) is 5.95. The summed E-state index contributed by atoms with van der Waals surface area (Å²) in [4.78, 5) is 0. The quantitative estimate of drug-likeness (QED) is 0.616. The Morgan fingerprint density at radius 3 is 2.21 bits per heavy atom. The predicted octanol–water partition coefficient (Wildman–Crippen LogP) is 2.18. The van der Waals surface area contributed by atoms with Gasteiger partial charge >= 0.3 is 0 Å². The number of anilines is 1. The van der Waals surface area contributed by atoms with Crippen LogP contribution in [0.2, 0.25) is 0 Å². The maximum atomic E-state index is 5.26. The highest BCUT2D eigenvalue weighted by Crippen LogP contribution is 2.39. The third kappa shape index (κ3) is 4.03. The molecule has 1 aromatic carbocycles. The van der Waals surface area contributed by atoms with Crippen molar-refractivity contribution in [1.82, 2.24) is 5.32 Å². The maximum absolute atomic E-state index is 5.26. The van der Waals surface area contributed by atoms with Gasteiger partial charge in [-0.25, -0.2) is 0 Å². The molecule has 0 unspecified atom stereocenters. The van der Waals surface area contributed by atoms with Crippen LogP contribution in [0.15, 0.2) is 24.8 Å². The molecule has 0 spiro atoms. The fraction of sp³-hybridized carbons (Fsp3) is 0.308. The largest absolute Gasteiger partial charge is 0.493 e. The molecule has 0 fully saturated rings. The highest BCUT2D eigenvalue weighted by Gasteiger charge is 2.13. The number of hydrogen-bond donors (Lipinski definition) is 2. The first-order valence-electron chi connectivity index (χ1n) is 5.62. The van der Waals surface area contributed by atoms with Gasteiger partial charge in [0.15, 0.2) is 16.6 Å². The summed E-state index contributed by atoms with van der Waals surface area (Å²) in [5.41, 5.74) is 0.746. The van der Waals surface area contributed by atoms with Crippen LogP contribution in [0, 0.1) is 0 Å².